The van der Waals surface area contributed by atoms with Gasteiger partial charge in [-0.15, -0.1) is 11.3 Å². The maximum Gasteiger partial charge on any atom is 0.304 e. The molecule has 3 aromatic rings. The second-order valence-electron chi connectivity index (χ2n) is 7.53. The van der Waals surface area contributed by atoms with Crippen LogP contribution in [0.15, 0.2) is 57.3 Å². The van der Waals surface area contributed by atoms with Crippen LogP contribution in [0.25, 0.3) is 10.6 Å². The van der Waals surface area contributed by atoms with E-state index in [1.54, 1.807) is 6.92 Å². The number of carboxylic acid groups (broad SMARTS) is 1. The first kappa shape index (κ1) is 24.0. The Kier molecular flexibility index (Phi) is 7.11. The molecule has 11 heteroatoms. The van der Waals surface area contributed by atoms with Crippen LogP contribution < -0.4 is 4.72 Å². The van der Waals surface area contributed by atoms with Crippen molar-refractivity contribution < 1.29 is 31.6 Å². The van der Waals surface area contributed by atoms with Gasteiger partial charge >= 0.3 is 11.9 Å². The molecule has 0 aliphatic rings. The number of rotatable bonds is 10. The highest BCUT2D eigenvalue weighted by Crippen LogP contribution is 2.34. The monoisotopic (exact) mass is 484 g/mol. The Hall–Kier alpha value is -2.63. The third-order valence-electron chi connectivity index (χ3n) is 4.95. The summed E-state index contributed by atoms with van der Waals surface area (Å²) in [5.41, 5.74) is 0.941. The molecule has 0 amide bonds. The number of thiophene rings is 1. The Morgan fingerprint density at radius 2 is 1.94 bits per heavy atom. The van der Waals surface area contributed by atoms with Crippen LogP contribution in [0.1, 0.15) is 37.5 Å². The lowest BCUT2D eigenvalue weighted by molar-refractivity contribution is -0.138. The molecule has 1 unspecified atom stereocenters. The highest BCUT2D eigenvalue weighted by molar-refractivity contribution is 7.91. The van der Waals surface area contributed by atoms with Crippen molar-refractivity contribution in [2.45, 2.75) is 36.3 Å². The lowest BCUT2D eigenvalue weighted by Crippen LogP contribution is -2.31. The molecule has 0 saturated carbocycles. The van der Waals surface area contributed by atoms with E-state index >= 15 is 0 Å². The molecule has 0 spiro atoms. The molecule has 0 aliphatic carbocycles. The number of sulfonamides is 1. The minimum absolute atomic E-state index is 0.00416. The van der Waals surface area contributed by atoms with Crippen molar-refractivity contribution in [3.05, 3.63) is 59.9 Å². The molecule has 7 nitrogen and oxygen atoms in total. The third-order valence-corrected chi connectivity index (χ3v) is 7.97. The van der Waals surface area contributed by atoms with E-state index in [0.29, 0.717) is 11.8 Å². The molecular weight excluding hydrogens is 462 g/mol. The van der Waals surface area contributed by atoms with Crippen LogP contribution in [0, 0.1) is 5.92 Å². The number of hydrogen-bond donors (Lipinski definition) is 2. The maximum atomic E-state index is 13.4. The third kappa shape index (κ3) is 5.78. The Balaban J connectivity index is 1.78. The first-order chi connectivity index (χ1) is 15.0. The van der Waals surface area contributed by atoms with Crippen LogP contribution in [0.5, 0.6) is 0 Å². The Morgan fingerprint density at radius 3 is 2.53 bits per heavy atom. The number of carboxylic acids is 1. The van der Waals surface area contributed by atoms with Crippen LogP contribution in [-0.4, -0.2) is 31.2 Å². The van der Waals surface area contributed by atoms with Gasteiger partial charge in [0, 0.05) is 31.9 Å². The molecule has 0 aliphatic heterocycles. The number of hydrogen-bond acceptors (Lipinski definition) is 6. The van der Waals surface area contributed by atoms with E-state index in [1.807, 2.05) is 30.3 Å². The van der Waals surface area contributed by atoms with E-state index in [2.05, 4.69) is 14.4 Å². The van der Waals surface area contributed by atoms with E-state index in [4.69, 9.17) is 5.11 Å². The molecule has 2 N–H and O–H groups in total. The molecule has 0 bridgehead atoms. The van der Waals surface area contributed by atoms with Gasteiger partial charge in [-0.3, -0.25) is 4.79 Å². The van der Waals surface area contributed by atoms with Crippen LogP contribution >= 0.6 is 11.3 Å². The number of alkyl halides is 2. The van der Waals surface area contributed by atoms with Crippen molar-refractivity contribution in [2.24, 2.45) is 5.92 Å². The molecule has 1 aromatic carbocycles. The van der Waals surface area contributed by atoms with Gasteiger partial charge in [0.05, 0.1) is 4.88 Å². The first-order valence-electron chi connectivity index (χ1n) is 9.69. The Bertz CT molecular complexity index is 1170. The fraction of sp³-hybridized carbons (Fsp3) is 0.333. The molecule has 172 valence electrons. The van der Waals surface area contributed by atoms with Crippen LogP contribution in [-0.2, 0) is 20.7 Å². The van der Waals surface area contributed by atoms with Crippen molar-refractivity contribution in [1.29, 1.82) is 0 Å². The zero-order chi connectivity index (χ0) is 23.5. The normalized spacial score (nSPS) is 14.2. The summed E-state index contributed by atoms with van der Waals surface area (Å²) in [6.07, 6.45) is -0.110. The minimum atomic E-state index is -3.92. The van der Waals surface area contributed by atoms with E-state index in [9.17, 15) is 22.0 Å². The smallest absolute Gasteiger partial charge is 0.304 e. The summed E-state index contributed by atoms with van der Waals surface area (Å²) in [4.78, 5) is 11.5. The summed E-state index contributed by atoms with van der Waals surface area (Å²) in [5, 5.41) is 12.7. The highest BCUT2D eigenvalue weighted by Gasteiger charge is 2.31. The zero-order valence-corrected chi connectivity index (χ0v) is 18.9. The molecule has 2 aromatic heterocycles. The SMILES string of the molecule is CC(CC(=O)O)[C@@H](CNS(=O)(=O)c1ccc(-c2cc(C(C)(F)F)on2)s1)c1ccccc1. The van der Waals surface area contributed by atoms with Gasteiger partial charge in [0.25, 0.3) is 0 Å². The molecular formula is C21H22F2N2O5S2. The van der Waals surface area contributed by atoms with Crippen LogP contribution in [0.4, 0.5) is 8.78 Å². The average Bonchev–Trinajstić information content (AvgIpc) is 3.38. The van der Waals surface area contributed by atoms with Crippen molar-refractivity contribution in [3.63, 3.8) is 0 Å². The largest absolute Gasteiger partial charge is 0.481 e. The van der Waals surface area contributed by atoms with E-state index in [0.717, 1.165) is 23.0 Å². The average molecular weight is 485 g/mol. The van der Waals surface area contributed by atoms with Gasteiger partial charge in [-0.25, -0.2) is 13.1 Å². The fourth-order valence-electron chi connectivity index (χ4n) is 3.24. The zero-order valence-electron chi connectivity index (χ0n) is 17.3. The number of aromatic nitrogens is 1. The predicted molar refractivity (Wildman–Crippen MR) is 115 cm³/mol. The quantitative estimate of drug-likeness (QED) is 0.432. The van der Waals surface area contributed by atoms with E-state index in [-0.39, 0.29) is 34.7 Å². The van der Waals surface area contributed by atoms with Gasteiger partial charge < -0.3 is 9.63 Å². The Morgan fingerprint density at radius 1 is 1.25 bits per heavy atom. The van der Waals surface area contributed by atoms with Gasteiger partial charge in [0.2, 0.25) is 15.8 Å². The topological polar surface area (TPSA) is 110 Å². The van der Waals surface area contributed by atoms with Gasteiger partial charge in [0.15, 0.2) is 0 Å². The fourth-order valence-corrected chi connectivity index (χ4v) is 5.60. The summed E-state index contributed by atoms with van der Waals surface area (Å²) in [6, 6.07) is 13.0. The molecule has 3 rings (SSSR count). The number of nitrogens with zero attached hydrogens (tertiary/aromatic N) is 1. The van der Waals surface area contributed by atoms with Crippen LogP contribution in [0.2, 0.25) is 0 Å². The number of carbonyl (C=O) groups is 1. The second kappa shape index (κ2) is 9.47. The first-order valence-corrected chi connectivity index (χ1v) is 12.0. The summed E-state index contributed by atoms with van der Waals surface area (Å²) in [5.74, 6) is -5.44. The molecule has 2 heterocycles. The molecule has 0 saturated heterocycles. The molecule has 32 heavy (non-hydrogen) atoms. The highest BCUT2D eigenvalue weighted by atomic mass is 32.2. The van der Waals surface area contributed by atoms with Crippen LogP contribution in [0.3, 0.4) is 0 Å². The van der Waals surface area contributed by atoms with E-state index < -0.39 is 27.7 Å². The van der Waals surface area contributed by atoms with Crippen molar-refractivity contribution in [1.82, 2.24) is 9.88 Å². The number of nitrogens with one attached hydrogen (secondary N) is 1. The molecule has 2 atom stereocenters. The summed E-state index contributed by atoms with van der Waals surface area (Å²) >= 11 is 0.871. The predicted octanol–water partition coefficient (Wildman–Crippen LogP) is 4.69. The summed E-state index contributed by atoms with van der Waals surface area (Å²) in [6.45, 7) is 2.44. The maximum absolute atomic E-state index is 13.4. The Labute approximate surface area is 188 Å². The summed E-state index contributed by atoms with van der Waals surface area (Å²) in [7, 11) is -3.92. The summed E-state index contributed by atoms with van der Waals surface area (Å²) < 4.78 is 59.6. The van der Waals surface area contributed by atoms with Gasteiger partial charge in [-0.1, -0.05) is 42.4 Å². The van der Waals surface area contributed by atoms with Crippen molar-refractivity contribution >= 4 is 27.3 Å². The number of aliphatic carboxylic acids is 1. The van der Waals surface area contributed by atoms with Crippen molar-refractivity contribution in [2.75, 3.05) is 6.54 Å². The molecule has 0 radical (unpaired) electrons. The number of halogens is 2. The number of benzene rings is 1. The lowest BCUT2D eigenvalue weighted by Gasteiger charge is -2.23. The van der Waals surface area contributed by atoms with Crippen molar-refractivity contribution in [3.8, 4) is 10.6 Å². The minimum Gasteiger partial charge on any atom is -0.481 e. The van der Waals surface area contributed by atoms with Gasteiger partial charge in [-0.2, -0.15) is 8.78 Å². The lowest BCUT2D eigenvalue weighted by atomic mass is 9.85. The van der Waals surface area contributed by atoms with E-state index in [1.165, 1.54) is 12.1 Å². The standard InChI is InChI=1S/C21H22F2N2O5S2/c1-13(10-19(26)27)15(14-6-4-3-5-7-14)12-24-32(28,29)20-9-8-17(31-20)16-11-18(30-25-16)21(2,22)23/h3-9,11,13,15,24H,10,12H2,1-2H3,(H,26,27)/t13?,15-/m1/s1. The molecule has 0 fully saturated rings. The second-order valence-corrected chi connectivity index (χ2v) is 10.6. The van der Waals surface area contributed by atoms with Gasteiger partial charge in [-0.05, 0) is 23.6 Å². The van der Waals surface area contributed by atoms with Gasteiger partial charge in [0.1, 0.15) is 9.90 Å².